The van der Waals surface area contributed by atoms with Crippen molar-refractivity contribution in [2.24, 2.45) is 0 Å². The number of fused-ring (bicyclic) bond motifs is 1. The van der Waals surface area contributed by atoms with Crippen molar-refractivity contribution in [3.63, 3.8) is 0 Å². The summed E-state index contributed by atoms with van der Waals surface area (Å²) in [6.07, 6.45) is -3.91. The molecule has 0 radical (unpaired) electrons. The van der Waals surface area contributed by atoms with Crippen LogP contribution < -0.4 is 14.8 Å². The molecular weight excluding hydrogens is 335 g/mol. The van der Waals surface area contributed by atoms with E-state index in [1.54, 1.807) is 0 Å². The predicted octanol–water partition coefficient (Wildman–Crippen LogP) is 3.34. The Hall–Kier alpha value is -2.70. The fourth-order valence-corrected chi connectivity index (χ4v) is 2.55. The minimum Gasteiger partial charge on any atom is -0.454 e. The van der Waals surface area contributed by atoms with Crippen LogP contribution in [-0.4, -0.2) is 19.2 Å². The van der Waals surface area contributed by atoms with Crippen molar-refractivity contribution in [2.75, 3.05) is 13.3 Å². The minimum absolute atomic E-state index is 0.0922. The average Bonchev–Trinajstić information content (AvgIpc) is 3.02. The zero-order chi connectivity index (χ0) is 17.9. The molecule has 0 saturated heterocycles. The molecule has 0 aliphatic carbocycles. The number of nitrogens with one attached hydrogen (secondary N) is 1. The molecule has 4 nitrogen and oxygen atoms in total. The van der Waals surface area contributed by atoms with Gasteiger partial charge in [0.2, 0.25) is 12.7 Å². The molecule has 1 N–H and O–H groups in total. The van der Waals surface area contributed by atoms with E-state index in [-0.39, 0.29) is 19.1 Å². The van der Waals surface area contributed by atoms with E-state index < -0.39 is 11.7 Å². The van der Waals surface area contributed by atoms with Crippen molar-refractivity contribution in [3.05, 3.63) is 59.2 Å². The Kier molecular flexibility index (Phi) is 4.83. The lowest BCUT2D eigenvalue weighted by atomic mass is 10.1. The van der Waals surface area contributed by atoms with E-state index in [1.807, 2.05) is 18.2 Å². The number of alkyl halides is 3. The van der Waals surface area contributed by atoms with Gasteiger partial charge in [0.1, 0.15) is 0 Å². The first kappa shape index (κ1) is 17.1. The van der Waals surface area contributed by atoms with E-state index in [0.717, 1.165) is 17.7 Å². The van der Waals surface area contributed by atoms with E-state index in [2.05, 4.69) is 5.32 Å². The summed E-state index contributed by atoms with van der Waals surface area (Å²) < 4.78 is 48.5. The van der Waals surface area contributed by atoms with Crippen molar-refractivity contribution in [1.82, 2.24) is 5.32 Å². The number of carbonyl (C=O) groups is 1. The second-order valence-electron chi connectivity index (χ2n) is 5.66. The molecule has 1 aliphatic rings. The molecule has 25 heavy (non-hydrogen) atoms. The largest absolute Gasteiger partial charge is 0.454 e. The standard InChI is InChI=1S/C18H16F3NO3/c19-18(20,21)14-3-1-2-13(8-14)10-17(23)22-7-6-12-4-5-15-16(9-12)25-11-24-15/h1-5,8-9H,6-7,10-11H2,(H,22,23). The molecule has 7 heteroatoms. The molecule has 0 fully saturated rings. The van der Waals surface area contributed by atoms with Gasteiger partial charge in [-0.05, 0) is 35.7 Å². The van der Waals surface area contributed by atoms with E-state index in [9.17, 15) is 18.0 Å². The molecule has 0 aromatic heterocycles. The van der Waals surface area contributed by atoms with Crippen LogP contribution >= 0.6 is 0 Å². The number of carbonyl (C=O) groups excluding carboxylic acids is 1. The van der Waals surface area contributed by atoms with Gasteiger partial charge in [0.05, 0.1) is 12.0 Å². The lowest BCUT2D eigenvalue weighted by Crippen LogP contribution is -2.27. The second-order valence-corrected chi connectivity index (χ2v) is 5.66. The Labute approximate surface area is 142 Å². The molecule has 0 bridgehead atoms. The molecule has 132 valence electrons. The quantitative estimate of drug-likeness (QED) is 0.899. The van der Waals surface area contributed by atoms with Gasteiger partial charge in [-0.1, -0.05) is 24.3 Å². The van der Waals surface area contributed by atoms with Crippen molar-refractivity contribution < 1.29 is 27.4 Å². The lowest BCUT2D eigenvalue weighted by molar-refractivity contribution is -0.137. The van der Waals surface area contributed by atoms with Crippen LogP contribution in [0.4, 0.5) is 13.2 Å². The highest BCUT2D eigenvalue weighted by atomic mass is 19.4. The summed E-state index contributed by atoms with van der Waals surface area (Å²) in [6, 6.07) is 10.3. The van der Waals surface area contributed by atoms with Gasteiger partial charge in [0.15, 0.2) is 11.5 Å². The van der Waals surface area contributed by atoms with Gasteiger partial charge in [0, 0.05) is 6.54 Å². The van der Waals surface area contributed by atoms with Gasteiger partial charge in [-0.25, -0.2) is 0 Å². The Morgan fingerprint density at radius 2 is 1.84 bits per heavy atom. The molecule has 2 aromatic carbocycles. The monoisotopic (exact) mass is 351 g/mol. The van der Waals surface area contributed by atoms with Gasteiger partial charge in [-0.15, -0.1) is 0 Å². The summed E-state index contributed by atoms with van der Waals surface area (Å²) in [5.74, 6) is 1.05. The summed E-state index contributed by atoms with van der Waals surface area (Å²) >= 11 is 0. The summed E-state index contributed by atoms with van der Waals surface area (Å²) in [4.78, 5) is 11.9. The highest BCUT2D eigenvalue weighted by molar-refractivity contribution is 5.78. The van der Waals surface area contributed by atoms with Gasteiger partial charge >= 0.3 is 6.18 Å². The molecule has 1 aliphatic heterocycles. The Bertz CT molecular complexity index is 774. The third-order valence-corrected chi connectivity index (χ3v) is 3.79. The fourth-order valence-electron chi connectivity index (χ4n) is 2.55. The van der Waals surface area contributed by atoms with Crippen molar-refractivity contribution in [3.8, 4) is 11.5 Å². The molecule has 3 rings (SSSR count). The van der Waals surface area contributed by atoms with Gasteiger partial charge in [0.25, 0.3) is 0 Å². The molecule has 1 heterocycles. The summed E-state index contributed by atoms with van der Waals surface area (Å²) in [6.45, 7) is 0.587. The van der Waals surface area contributed by atoms with Gasteiger partial charge < -0.3 is 14.8 Å². The van der Waals surface area contributed by atoms with E-state index in [1.165, 1.54) is 12.1 Å². The Balaban J connectivity index is 1.50. The van der Waals surface area contributed by atoms with Crippen LogP contribution in [0.5, 0.6) is 11.5 Å². The summed E-state index contributed by atoms with van der Waals surface area (Å²) in [5.41, 5.74) is 0.553. The van der Waals surface area contributed by atoms with Crippen LogP contribution in [0.3, 0.4) is 0 Å². The molecule has 1 amide bonds. The van der Waals surface area contributed by atoms with E-state index in [0.29, 0.717) is 30.0 Å². The zero-order valence-electron chi connectivity index (χ0n) is 13.2. The molecule has 2 aromatic rings. The van der Waals surface area contributed by atoms with Crippen LogP contribution in [0, 0.1) is 0 Å². The molecular formula is C18H16F3NO3. The maximum absolute atomic E-state index is 12.7. The van der Waals surface area contributed by atoms with Crippen molar-refractivity contribution in [1.29, 1.82) is 0 Å². The fraction of sp³-hybridized carbons (Fsp3) is 0.278. The first-order valence-corrected chi connectivity index (χ1v) is 7.73. The smallest absolute Gasteiger partial charge is 0.416 e. The first-order chi connectivity index (χ1) is 11.9. The number of benzene rings is 2. The van der Waals surface area contributed by atoms with E-state index in [4.69, 9.17) is 9.47 Å². The average molecular weight is 351 g/mol. The van der Waals surface area contributed by atoms with Gasteiger partial charge in [-0.2, -0.15) is 13.2 Å². The van der Waals surface area contributed by atoms with Crippen molar-refractivity contribution in [2.45, 2.75) is 19.0 Å². The predicted molar refractivity (Wildman–Crippen MR) is 84.4 cm³/mol. The third-order valence-electron chi connectivity index (χ3n) is 3.79. The van der Waals surface area contributed by atoms with Crippen LogP contribution in [0.25, 0.3) is 0 Å². The number of amides is 1. The Morgan fingerprint density at radius 1 is 1.04 bits per heavy atom. The lowest BCUT2D eigenvalue weighted by Gasteiger charge is -2.09. The normalized spacial score (nSPS) is 12.9. The first-order valence-electron chi connectivity index (χ1n) is 7.73. The number of halogens is 3. The second kappa shape index (κ2) is 7.04. The topological polar surface area (TPSA) is 47.6 Å². The molecule has 0 unspecified atom stereocenters. The number of rotatable bonds is 5. The van der Waals surface area contributed by atoms with Crippen LogP contribution in [0.2, 0.25) is 0 Å². The molecule has 0 saturated carbocycles. The SMILES string of the molecule is O=C(Cc1cccc(C(F)(F)F)c1)NCCc1ccc2c(c1)OCO2. The maximum atomic E-state index is 12.7. The summed E-state index contributed by atoms with van der Waals surface area (Å²) in [5, 5.41) is 2.71. The number of hydrogen-bond acceptors (Lipinski definition) is 3. The molecule has 0 atom stereocenters. The zero-order valence-corrected chi connectivity index (χ0v) is 13.2. The van der Waals surface area contributed by atoms with Crippen LogP contribution in [-0.2, 0) is 23.8 Å². The number of ether oxygens (including phenoxy) is 2. The number of hydrogen-bond donors (Lipinski definition) is 1. The maximum Gasteiger partial charge on any atom is 0.416 e. The van der Waals surface area contributed by atoms with Crippen LogP contribution in [0.1, 0.15) is 16.7 Å². The Morgan fingerprint density at radius 3 is 2.64 bits per heavy atom. The molecule has 0 spiro atoms. The summed E-state index contributed by atoms with van der Waals surface area (Å²) in [7, 11) is 0. The highest BCUT2D eigenvalue weighted by Crippen LogP contribution is 2.32. The van der Waals surface area contributed by atoms with E-state index >= 15 is 0 Å². The van der Waals surface area contributed by atoms with Gasteiger partial charge in [-0.3, -0.25) is 4.79 Å². The highest BCUT2D eigenvalue weighted by Gasteiger charge is 2.30. The van der Waals surface area contributed by atoms with Crippen molar-refractivity contribution >= 4 is 5.91 Å². The third kappa shape index (κ3) is 4.43. The van der Waals surface area contributed by atoms with Crippen LogP contribution in [0.15, 0.2) is 42.5 Å². The minimum atomic E-state index is -4.41.